The van der Waals surface area contributed by atoms with Crippen molar-refractivity contribution in [3.63, 3.8) is 0 Å². The van der Waals surface area contributed by atoms with Crippen molar-refractivity contribution in [3.8, 4) is 5.75 Å². The number of carbonyl (C=O) groups is 3. The van der Waals surface area contributed by atoms with E-state index in [9.17, 15) is 14.4 Å². The van der Waals surface area contributed by atoms with Crippen LogP contribution in [0.1, 0.15) is 34.0 Å². The minimum atomic E-state index is -1.14. The number of hydrogen-bond donors (Lipinski definition) is 2. The summed E-state index contributed by atoms with van der Waals surface area (Å²) < 4.78 is 10.8. The molecule has 0 aromatic heterocycles. The van der Waals surface area contributed by atoms with Crippen LogP contribution in [0.25, 0.3) is 0 Å². The maximum absolute atomic E-state index is 13.0. The van der Waals surface area contributed by atoms with Gasteiger partial charge in [0.25, 0.3) is 5.91 Å². The van der Waals surface area contributed by atoms with Gasteiger partial charge in [0.2, 0.25) is 12.0 Å². The summed E-state index contributed by atoms with van der Waals surface area (Å²) in [5, 5.41) is 5.57. The number of nitrogens with one attached hydrogen (secondary N) is 2. The molecule has 1 unspecified atom stereocenters. The first-order valence-electron chi connectivity index (χ1n) is 10.2. The SMILES string of the molecule is COc1ccc(NC(=O)C(OC(=O)c2ccc3c(c2)CCC(=O)N3)c2ccccc2)cc1. The lowest BCUT2D eigenvalue weighted by Gasteiger charge is -2.20. The summed E-state index contributed by atoms with van der Waals surface area (Å²) in [4.78, 5) is 37.5. The van der Waals surface area contributed by atoms with Crippen molar-refractivity contribution in [3.05, 3.63) is 89.5 Å². The Labute approximate surface area is 185 Å². The molecule has 32 heavy (non-hydrogen) atoms. The van der Waals surface area contributed by atoms with Crippen molar-refractivity contribution < 1.29 is 23.9 Å². The van der Waals surface area contributed by atoms with Gasteiger partial charge in [-0.3, -0.25) is 9.59 Å². The highest BCUT2D eigenvalue weighted by Crippen LogP contribution is 2.26. The summed E-state index contributed by atoms with van der Waals surface area (Å²) in [6, 6.07) is 20.7. The topological polar surface area (TPSA) is 93.7 Å². The van der Waals surface area contributed by atoms with Gasteiger partial charge in [0.15, 0.2) is 0 Å². The van der Waals surface area contributed by atoms with Crippen LogP contribution in [0.3, 0.4) is 0 Å². The highest BCUT2D eigenvalue weighted by molar-refractivity contribution is 5.99. The van der Waals surface area contributed by atoms with Crippen LogP contribution in [0.15, 0.2) is 72.8 Å². The third-order valence-electron chi connectivity index (χ3n) is 5.16. The van der Waals surface area contributed by atoms with Crippen molar-refractivity contribution in [2.75, 3.05) is 17.7 Å². The maximum Gasteiger partial charge on any atom is 0.339 e. The fourth-order valence-electron chi connectivity index (χ4n) is 3.47. The zero-order valence-electron chi connectivity index (χ0n) is 17.5. The van der Waals surface area contributed by atoms with Gasteiger partial charge in [-0.05, 0) is 54.4 Å². The Morgan fingerprint density at radius 2 is 1.72 bits per heavy atom. The van der Waals surface area contributed by atoms with Gasteiger partial charge in [-0.2, -0.15) is 0 Å². The van der Waals surface area contributed by atoms with Crippen LogP contribution in [0, 0.1) is 0 Å². The number of hydrogen-bond acceptors (Lipinski definition) is 5. The number of rotatable bonds is 6. The molecule has 0 spiro atoms. The zero-order chi connectivity index (χ0) is 22.5. The van der Waals surface area contributed by atoms with E-state index in [1.807, 2.05) is 6.07 Å². The molecule has 3 aromatic rings. The predicted molar refractivity (Wildman–Crippen MR) is 120 cm³/mol. The van der Waals surface area contributed by atoms with Crippen molar-refractivity contribution in [2.24, 2.45) is 0 Å². The van der Waals surface area contributed by atoms with Gasteiger partial charge in [0.1, 0.15) is 5.75 Å². The lowest BCUT2D eigenvalue weighted by molar-refractivity contribution is -0.125. The summed E-state index contributed by atoms with van der Waals surface area (Å²) >= 11 is 0. The van der Waals surface area contributed by atoms with E-state index in [0.29, 0.717) is 41.1 Å². The van der Waals surface area contributed by atoms with Crippen LogP contribution >= 0.6 is 0 Å². The van der Waals surface area contributed by atoms with Gasteiger partial charge in [-0.15, -0.1) is 0 Å². The van der Waals surface area contributed by atoms with Crippen LogP contribution in [-0.4, -0.2) is 24.9 Å². The molecule has 0 fully saturated rings. The first-order valence-corrected chi connectivity index (χ1v) is 10.2. The number of fused-ring (bicyclic) bond motifs is 1. The average Bonchev–Trinajstić information content (AvgIpc) is 2.83. The number of benzene rings is 3. The zero-order valence-corrected chi connectivity index (χ0v) is 17.5. The molecule has 1 heterocycles. The largest absolute Gasteiger partial charge is 0.497 e. The monoisotopic (exact) mass is 430 g/mol. The molecule has 0 saturated carbocycles. The number of anilines is 2. The van der Waals surface area contributed by atoms with Crippen LogP contribution in [0.2, 0.25) is 0 Å². The molecular formula is C25H22N2O5. The predicted octanol–water partition coefficient (Wildman–Crippen LogP) is 4.12. The Morgan fingerprint density at radius 1 is 0.969 bits per heavy atom. The summed E-state index contributed by atoms with van der Waals surface area (Å²) in [6.45, 7) is 0. The third kappa shape index (κ3) is 4.78. The van der Waals surface area contributed by atoms with Gasteiger partial charge in [-0.1, -0.05) is 30.3 Å². The first kappa shape index (κ1) is 21.1. The van der Waals surface area contributed by atoms with Gasteiger partial charge in [0.05, 0.1) is 12.7 Å². The van der Waals surface area contributed by atoms with Gasteiger partial charge < -0.3 is 20.1 Å². The Balaban J connectivity index is 1.55. The second-order valence-electron chi connectivity index (χ2n) is 7.33. The van der Waals surface area contributed by atoms with Crippen LogP contribution in [0.4, 0.5) is 11.4 Å². The van der Waals surface area contributed by atoms with Crippen LogP contribution in [-0.2, 0) is 20.7 Å². The van der Waals surface area contributed by atoms with Crippen molar-refractivity contribution in [1.29, 1.82) is 0 Å². The molecule has 0 radical (unpaired) electrons. The van der Waals surface area contributed by atoms with Crippen molar-refractivity contribution in [1.82, 2.24) is 0 Å². The minimum Gasteiger partial charge on any atom is -0.497 e. The van der Waals surface area contributed by atoms with E-state index in [4.69, 9.17) is 9.47 Å². The Hall–Kier alpha value is -4.13. The van der Waals surface area contributed by atoms with E-state index in [1.165, 1.54) is 0 Å². The molecule has 7 nitrogen and oxygen atoms in total. The second-order valence-corrected chi connectivity index (χ2v) is 7.33. The van der Waals surface area contributed by atoms with Gasteiger partial charge >= 0.3 is 5.97 Å². The maximum atomic E-state index is 13.0. The Bertz CT molecular complexity index is 1140. The lowest BCUT2D eigenvalue weighted by Crippen LogP contribution is -2.26. The van der Waals surface area contributed by atoms with Gasteiger partial charge in [-0.25, -0.2) is 4.79 Å². The quantitative estimate of drug-likeness (QED) is 0.574. The summed E-state index contributed by atoms with van der Waals surface area (Å²) in [6.07, 6.45) is -0.230. The summed E-state index contributed by atoms with van der Waals surface area (Å²) in [5.41, 5.74) is 2.97. The molecule has 4 rings (SSSR count). The molecule has 1 aliphatic rings. The van der Waals surface area contributed by atoms with E-state index < -0.39 is 18.0 Å². The molecule has 0 aliphatic carbocycles. The third-order valence-corrected chi connectivity index (χ3v) is 5.16. The van der Waals surface area contributed by atoms with Crippen LogP contribution < -0.4 is 15.4 Å². The van der Waals surface area contributed by atoms with E-state index in [1.54, 1.807) is 73.8 Å². The molecule has 0 saturated heterocycles. The average molecular weight is 430 g/mol. The van der Waals surface area contributed by atoms with Crippen molar-refractivity contribution >= 4 is 29.2 Å². The lowest BCUT2D eigenvalue weighted by atomic mass is 10.0. The molecule has 162 valence electrons. The highest BCUT2D eigenvalue weighted by atomic mass is 16.5. The normalized spacial score (nSPS) is 13.3. The molecular weight excluding hydrogens is 408 g/mol. The summed E-state index contributed by atoms with van der Waals surface area (Å²) in [7, 11) is 1.56. The number of carbonyl (C=O) groups excluding carboxylic acids is 3. The molecule has 3 aromatic carbocycles. The molecule has 1 aliphatic heterocycles. The second kappa shape index (κ2) is 9.34. The number of esters is 1. The Morgan fingerprint density at radius 3 is 2.44 bits per heavy atom. The van der Waals surface area contributed by atoms with Crippen molar-refractivity contribution in [2.45, 2.75) is 18.9 Å². The number of methoxy groups -OCH3 is 1. The number of amides is 2. The number of ether oxygens (including phenoxy) is 2. The smallest absolute Gasteiger partial charge is 0.339 e. The highest BCUT2D eigenvalue weighted by Gasteiger charge is 2.26. The molecule has 2 N–H and O–H groups in total. The molecule has 2 amide bonds. The first-order chi connectivity index (χ1) is 15.5. The van der Waals surface area contributed by atoms with Crippen LogP contribution in [0.5, 0.6) is 5.75 Å². The molecule has 0 bridgehead atoms. The van der Waals surface area contributed by atoms with E-state index >= 15 is 0 Å². The standard InChI is InChI=1S/C25H22N2O5/c1-31-20-11-9-19(10-12-20)26-24(29)23(16-5-3-2-4-6-16)32-25(30)18-7-13-21-17(15-18)8-14-22(28)27-21/h2-7,9-13,15,23H,8,14H2,1H3,(H,26,29)(H,27,28). The minimum absolute atomic E-state index is 0.0489. The molecule has 7 heteroatoms. The van der Waals surface area contributed by atoms with E-state index in [-0.39, 0.29) is 5.91 Å². The van der Waals surface area contributed by atoms with Gasteiger partial charge in [0, 0.05) is 23.4 Å². The summed E-state index contributed by atoms with van der Waals surface area (Å²) in [5.74, 6) is -0.479. The van der Waals surface area contributed by atoms with E-state index in [0.717, 1.165) is 5.56 Å². The fourth-order valence-corrected chi connectivity index (χ4v) is 3.47. The number of aryl methyl sites for hydroxylation is 1. The molecule has 1 atom stereocenters. The van der Waals surface area contributed by atoms with E-state index in [2.05, 4.69) is 10.6 Å². The fraction of sp³-hybridized carbons (Fsp3) is 0.160. The Kier molecular flexibility index (Phi) is 6.17.